The normalized spacial score (nSPS) is 17.4. The van der Waals surface area contributed by atoms with Crippen molar-refractivity contribution in [3.63, 3.8) is 0 Å². The molecule has 0 spiro atoms. The van der Waals surface area contributed by atoms with Crippen LogP contribution in [0.3, 0.4) is 0 Å². The molecule has 0 aromatic carbocycles. The van der Waals surface area contributed by atoms with Crippen LogP contribution in [0.15, 0.2) is 24.8 Å². The highest BCUT2D eigenvalue weighted by atomic mass is 28.4. The highest BCUT2D eigenvalue weighted by molar-refractivity contribution is 6.74. The Bertz CT molecular complexity index is 340. The second-order valence-corrected chi connectivity index (χ2v) is 12.2. The third-order valence-electron chi connectivity index (χ3n) is 4.11. The van der Waals surface area contributed by atoms with Gasteiger partial charge in [-0.3, -0.25) is 0 Å². The average molecular weight is 301 g/mol. The van der Waals surface area contributed by atoms with Crippen molar-refractivity contribution < 1.29 is 14.6 Å². The van der Waals surface area contributed by atoms with Crippen LogP contribution in [-0.4, -0.2) is 36.8 Å². The number of aliphatic hydroxyl groups excluding tert-OH is 1. The molecule has 0 bridgehead atoms. The molecule has 2 N–H and O–H groups in total. The first kappa shape index (κ1) is 19.6. The molecule has 0 aliphatic heterocycles. The fourth-order valence-electron chi connectivity index (χ4n) is 1.54. The lowest BCUT2D eigenvalue weighted by molar-refractivity contribution is 0.0145. The van der Waals surface area contributed by atoms with Crippen molar-refractivity contribution in [2.24, 2.45) is 0 Å². The second kappa shape index (κ2) is 7.03. The van der Waals surface area contributed by atoms with Gasteiger partial charge in [-0.05, 0) is 37.0 Å². The highest BCUT2D eigenvalue weighted by Gasteiger charge is 2.37. The van der Waals surface area contributed by atoms with Crippen molar-refractivity contribution in [3.05, 3.63) is 24.8 Å². The number of rotatable bonds is 8. The van der Waals surface area contributed by atoms with Gasteiger partial charge in [0.1, 0.15) is 0 Å². The van der Waals surface area contributed by atoms with Crippen molar-refractivity contribution in [2.45, 2.75) is 70.4 Å². The Balaban J connectivity index is 4.46. The first-order valence-electron chi connectivity index (χ1n) is 7.15. The van der Waals surface area contributed by atoms with Crippen molar-refractivity contribution in [2.75, 3.05) is 6.61 Å². The summed E-state index contributed by atoms with van der Waals surface area (Å²) in [5.41, 5.74) is -0.333. The van der Waals surface area contributed by atoms with Gasteiger partial charge in [0.05, 0.1) is 18.3 Å². The summed E-state index contributed by atoms with van der Waals surface area (Å²) in [4.78, 5) is 0. The molecule has 4 heteroatoms. The summed E-state index contributed by atoms with van der Waals surface area (Å²) in [5.74, 6) is 0. The lowest BCUT2D eigenvalue weighted by Gasteiger charge is -2.37. The lowest BCUT2D eigenvalue weighted by atomic mass is 9.92. The molecule has 0 heterocycles. The molecule has 0 saturated carbocycles. The van der Waals surface area contributed by atoms with E-state index < -0.39 is 20.0 Å². The first-order valence-corrected chi connectivity index (χ1v) is 10.1. The molecule has 0 radical (unpaired) electrons. The van der Waals surface area contributed by atoms with Crippen molar-refractivity contribution in [3.8, 4) is 0 Å². The van der Waals surface area contributed by atoms with Crippen molar-refractivity contribution in [1.29, 1.82) is 0 Å². The van der Waals surface area contributed by atoms with Crippen LogP contribution in [0.25, 0.3) is 0 Å². The van der Waals surface area contributed by atoms with E-state index in [0.29, 0.717) is 18.6 Å². The Kier molecular flexibility index (Phi) is 6.88. The van der Waals surface area contributed by atoms with Crippen LogP contribution < -0.4 is 0 Å². The maximum Gasteiger partial charge on any atom is 0.192 e. The zero-order valence-electron chi connectivity index (χ0n) is 14.0. The molecule has 0 rings (SSSR count). The summed E-state index contributed by atoms with van der Waals surface area (Å²) >= 11 is 0. The van der Waals surface area contributed by atoms with Crippen LogP contribution in [0.1, 0.15) is 40.5 Å². The third kappa shape index (κ3) is 6.35. The topological polar surface area (TPSA) is 49.7 Å². The van der Waals surface area contributed by atoms with E-state index in [2.05, 4.69) is 47.0 Å². The van der Waals surface area contributed by atoms with E-state index in [-0.39, 0.29) is 11.5 Å². The second-order valence-electron chi connectivity index (χ2n) is 7.42. The van der Waals surface area contributed by atoms with Gasteiger partial charge >= 0.3 is 0 Å². The molecule has 0 aliphatic carbocycles. The summed E-state index contributed by atoms with van der Waals surface area (Å²) in [6.45, 7) is 20.4. The van der Waals surface area contributed by atoms with E-state index >= 15 is 0 Å². The van der Waals surface area contributed by atoms with Gasteiger partial charge in [-0.2, -0.15) is 0 Å². The Labute approximate surface area is 125 Å². The van der Waals surface area contributed by atoms with Crippen LogP contribution in [0.2, 0.25) is 18.1 Å². The molecule has 0 aliphatic rings. The summed E-state index contributed by atoms with van der Waals surface area (Å²) in [7, 11) is -1.84. The zero-order valence-corrected chi connectivity index (χ0v) is 15.0. The Morgan fingerprint density at radius 3 is 2.20 bits per heavy atom. The van der Waals surface area contributed by atoms with Gasteiger partial charge in [0.15, 0.2) is 8.32 Å². The average Bonchev–Trinajstić information content (AvgIpc) is 2.23. The van der Waals surface area contributed by atoms with Crippen LogP contribution >= 0.6 is 0 Å². The molecule has 2 atom stereocenters. The van der Waals surface area contributed by atoms with Gasteiger partial charge in [-0.15, -0.1) is 6.58 Å². The standard InChI is InChI=1S/C16H32O3Si/c1-9-10-16(6,18)11-14(17)13(2)12-19-20(7,8)15(3,4)5/h9,14,17-18H,1-2,10-12H2,3-8H3. The predicted molar refractivity (Wildman–Crippen MR) is 88.4 cm³/mol. The van der Waals surface area contributed by atoms with Gasteiger partial charge < -0.3 is 14.6 Å². The number of hydrogen-bond acceptors (Lipinski definition) is 3. The van der Waals surface area contributed by atoms with E-state index in [0.717, 1.165) is 0 Å². The summed E-state index contributed by atoms with van der Waals surface area (Å²) in [6, 6.07) is 0. The number of hydrogen-bond donors (Lipinski definition) is 2. The molecule has 0 fully saturated rings. The summed E-state index contributed by atoms with van der Waals surface area (Å²) in [5, 5.41) is 20.3. The van der Waals surface area contributed by atoms with E-state index in [1.54, 1.807) is 13.0 Å². The smallest absolute Gasteiger partial charge is 0.192 e. The van der Waals surface area contributed by atoms with E-state index in [1.807, 2.05) is 0 Å². The quantitative estimate of drug-likeness (QED) is 0.531. The molecule has 3 nitrogen and oxygen atoms in total. The SMILES string of the molecule is C=CCC(C)(O)CC(O)C(=C)CO[Si](C)(C)C(C)(C)C. The number of aliphatic hydroxyl groups is 2. The van der Waals surface area contributed by atoms with Crippen LogP contribution in [-0.2, 0) is 4.43 Å². The van der Waals surface area contributed by atoms with Gasteiger partial charge in [0.2, 0.25) is 0 Å². The Hall–Kier alpha value is -0.423. The Morgan fingerprint density at radius 1 is 1.30 bits per heavy atom. The van der Waals surface area contributed by atoms with Crippen LogP contribution in [0.5, 0.6) is 0 Å². The van der Waals surface area contributed by atoms with Gasteiger partial charge in [0, 0.05) is 6.42 Å². The van der Waals surface area contributed by atoms with Crippen molar-refractivity contribution in [1.82, 2.24) is 0 Å². The first-order chi connectivity index (χ1) is 8.82. The fraction of sp³-hybridized carbons (Fsp3) is 0.750. The van der Waals surface area contributed by atoms with Gasteiger partial charge in [-0.1, -0.05) is 33.4 Å². The molecule has 118 valence electrons. The summed E-state index contributed by atoms with van der Waals surface area (Å²) < 4.78 is 6.03. The molecule has 2 unspecified atom stereocenters. The summed E-state index contributed by atoms with van der Waals surface area (Å²) in [6.07, 6.45) is 1.59. The van der Waals surface area contributed by atoms with E-state index in [1.165, 1.54) is 0 Å². The van der Waals surface area contributed by atoms with Crippen LogP contribution in [0, 0.1) is 0 Å². The molecule has 0 amide bonds. The minimum absolute atomic E-state index is 0.132. The van der Waals surface area contributed by atoms with E-state index in [4.69, 9.17) is 4.43 Å². The van der Waals surface area contributed by atoms with Crippen molar-refractivity contribution >= 4 is 8.32 Å². The molecular weight excluding hydrogens is 268 g/mol. The fourth-order valence-corrected chi connectivity index (χ4v) is 2.52. The molecular formula is C16H32O3Si. The maximum atomic E-state index is 10.1. The highest BCUT2D eigenvalue weighted by Crippen LogP contribution is 2.36. The monoisotopic (exact) mass is 300 g/mol. The Morgan fingerprint density at radius 2 is 1.80 bits per heavy atom. The molecule has 0 aromatic heterocycles. The van der Waals surface area contributed by atoms with Gasteiger partial charge in [0.25, 0.3) is 0 Å². The zero-order chi connectivity index (χ0) is 16.2. The molecule has 20 heavy (non-hydrogen) atoms. The lowest BCUT2D eigenvalue weighted by Crippen LogP contribution is -2.42. The molecule has 0 aromatic rings. The van der Waals surface area contributed by atoms with Crippen LogP contribution in [0.4, 0.5) is 0 Å². The maximum absolute atomic E-state index is 10.1. The third-order valence-corrected chi connectivity index (χ3v) is 8.59. The minimum atomic E-state index is -1.84. The van der Waals surface area contributed by atoms with Gasteiger partial charge in [-0.25, -0.2) is 0 Å². The molecule has 0 saturated heterocycles. The van der Waals surface area contributed by atoms with E-state index in [9.17, 15) is 10.2 Å². The minimum Gasteiger partial charge on any atom is -0.413 e. The largest absolute Gasteiger partial charge is 0.413 e. The predicted octanol–water partition coefficient (Wildman–Crippen LogP) is 3.64.